The molecule has 11 nitrogen and oxygen atoms in total. The van der Waals surface area contributed by atoms with Gasteiger partial charge in [0.15, 0.2) is 6.10 Å². The number of rotatable bonds is 8. The molecule has 1 aromatic rings. The molecular formula is C44H58N2O9+2. The van der Waals surface area contributed by atoms with Crippen LogP contribution in [-0.4, -0.2) is 128 Å². The minimum Gasteiger partial charge on any atom is -0.456 e. The molecule has 6 bridgehead atoms. The molecule has 5 aliphatic heterocycles. The maximum atomic E-state index is 13.9. The Bertz CT molecular complexity index is 1790. The largest absolute Gasteiger partial charge is 0.456 e. The van der Waals surface area contributed by atoms with Crippen molar-refractivity contribution in [2.45, 2.75) is 89.3 Å². The van der Waals surface area contributed by atoms with E-state index in [0.29, 0.717) is 17.6 Å². The number of carbonyl (C=O) groups excluding carboxylic acids is 3. The van der Waals surface area contributed by atoms with Crippen LogP contribution in [0.3, 0.4) is 0 Å². The summed E-state index contributed by atoms with van der Waals surface area (Å²) in [6, 6.07) is 7.75. The van der Waals surface area contributed by atoms with Crippen LogP contribution >= 0.6 is 0 Å². The van der Waals surface area contributed by atoms with Gasteiger partial charge in [-0.05, 0) is 44.4 Å². The average Bonchev–Trinajstić information content (AvgIpc) is 3.78. The van der Waals surface area contributed by atoms with E-state index in [1.807, 2.05) is 63.3 Å². The van der Waals surface area contributed by atoms with E-state index in [1.165, 1.54) is 56.4 Å². The number of hydrogen-bond donors (Lipinski definition) is 1. The van der Waals surface area contributed by atoms with E-state index in [2.05, 4.69) is 19.2 Å². The summed E-state index contributed by atoms with van der Waals surface area (Å²) in [5.41, 5.74) is 2.14. The van der Waals surface area contributed by atoms with E-state index < -0.39 is 66.1 Å². The fraction of sp³-hybridized carbons (Fsp3) is 0.614. The lowest BCUT2D eigenvalue weighted by Gasteiger charge is -2.54. The van der Waals surface area contributed by atoms with Crippen LogP contribution in [-0.2, 0) is 39.8 Å². The number of piperazine rings is 3. The van der Waals surface area contributed by atoms with E-state index in [1.54, 1.807) is 13.0 Å². The quantitative estimate of drug-likeness (QED) is 0.179. The van der Waals surface area contributed by atoms with Crippen LogP contribution in [0.5, 0.6) is 0 Å². The van der Waals surface area contributed by atoms with Crippen LogP contribution in [0.1, 0.15) is 56.5 Å². The van der Waals surface area contributed by atoms with Crippen molar-refractivity contribution in [1.82, 2.24) is 0 Å². The number of aliphatic hydroxyl groups excluding tert-OH is 1. The van der Waals surface area contributed by atoms with Gasteiger partial charge in [-0.15, -0.1) is 0 Å². The molecule has 55 heavy (non-hydrogen) atoms. The second-order valence-corrected chi connectivity index (χ2v) is 17.9. The van der Waals surface area contributed by atoms with Crippen LogP contribution in [0.4, 0.5) is 0 Å². The number of carbonyl (C=O) groups is 3. The van der Waals surface area contributed by atoms with Crippen LogP contribution in [0.25, 0.3) is 0 Å². The van der Waals surface area contributed by atoms with E-state index in [4.69, 9.17) is 23.7 Å². The Hall–Kier alpha value is -3.61. The third-order valence-corrected chi connectivity index (χ3v) is 14.5. The Morgan fingerprint density at radius 1 is 1.04 bits per heavy atom. The van der Waals surface area contributed by atoms with Crippen molar-refractivity contribution in [2.75, 3.05) is 53.4 Å². The first kappa shape index (κ1) is 38.3. The number of hydrogen-bond acceptors (Lipinski definition) is 9. The van der Waals surface area contributed by atoms with Crippen molar-refractivity contribution < 1.29 is 52.1 Å². The first-order valence-electron chi connectivity index (χ1n) is 20.3. The number of ether oxygens (including phenoxy) is 5. The van der Waals surface area contributed by atoms with Crippen molar-refractivity contribution in [2.24, 2.45) is 29.6 Å². The lowest BCUT2D eigenvalue weighted by atomic mass is 9.57. The van der Waals surface area contributed by atoms with Crippen LogP contribution in [0.2, 0.25) is 0 Å². The molecule has 0 amide bonds. The third-order valence-electron chi connectivity index (χ3n) is 14.5. The van der Waals surface area contributed by atoms with Crippen molar-refractivity contribution in [3.63, 3.8) is 0 Å². The number of benzene rings is 1. The molecule has 0 aromatic heterocycles. The summed E-state index contributed by atoms with van der Waals surface area (Å²) in [6.07, 6.45) is 7.91. The molecule has 5 fully saturated rings. The monoisotopic (exact) mass is 758 g/mol. The summed E-state index contributed by atoms with van der Waals surface area (Å²) in [7, 11) is 3.85. The van der Waals surface area contributed by atoms with E-state index >= 15 is 0 Å². The fourth-order valence-electron chi connectivity index (χ4n) is 11.0. The Labute approximate surface area is 324 Å². The number of allylic oxidation sites excluding steroid dienone is 3. The highest BCUT2D eigenvalue weighted by Gasteiger charge is 2.69. The lowest BCUT2D eigenvalue weighted by Crippen LogP contribution is -2.73. The van der Waals surface area contributed by atoms with E-state index in [-0.39, 0.29) is 30.1 Å². The maximum absolute atomic E-state index is 13.9. The fourth-order valence-corrected chi connectivity index (χ4v) is 11.0. The highest BCUT2D eigenvalue weighted by molar-refractivity contribution is 5.90. The molecule has 8 aliphatic rings. The van der Waals surface area contributed by atoms with Crippen molar-refractivity contribution in [3.8, 4) is 0 Å². The minimum absolute atomic E-state index is 0.202. The van der Waals surface area contributed by atoms with E-state index in [9.17, 15) is 19.5 Å². The summed E-state index contributed by atoms with van der Waals surface area (Å²) in [5, 5.41) is 12.0. The summed E-state index contributed by atoms with van der Waals surface area (Å²) >= 11 is 0. The van der Waals surface area contributed by atoms with Gasteiger partial charge in [0.2, 0.25) is 0 Å². The Kier molecular flexibility index (Phi) is 10.0. The van der Waals surface area contributed by atoms with Crippen LogP contribution in [0.15, 0.2) is 71.9 Å². The number of nitrogens with zero attached hydrogens (tertiary/aromatic N) is 2. The number of aliphatic hydroxyl groups is 1. The van der Waals surface area contributed by atoms with E-state index in [0.717, 1.165) is 16.6 Å². The third kappa shape index (κ3) is 6.63. The number of fused-ring (bicyclic) bond motifs is 3. The second-order valence-electron chi connectivity index (χ2n) is 17.9. The zero-order chi connectivity index (χ0) is 38.9. The van der Waals surface area contributed by atoms with Gasteiger partial charge in [-0.2, -0.15) is 0 Å². The smallest absolute Gasteiger partial charge is 0.338 e. The zero-order valence-electron chi connectivity index (χ0n) is 33.1. The highest BCUT2D eigenvalue weighted by Crippen LogP contribution is 2.61. The van der Waals surface area contributed by atoms with Gasteiger partial charge >= 0.3 is 17.9 Å². The Morgan fingerprint density at radius 2 is 1.75 bits per heavy atom. The molecule has 5 heterocycles. The second kappa shape index (κ2) is 14.4. The van der Waals surface area contributed by atoms with Gasteiger partial charge in [0, 0.05) is 47.8 Å². The number of methoxy groups -OCH3 is 1. The average molecular weight is 759 g/mol. The molecule has 12 atom stereocenters. The summed E-state index contributed by atoms with van der Waals surface area (Å²) in [4.78, 5) is 40.6. The zero-order valence-corrected chi connectivity index (χ0v) is 33.1. The molecular weight excluding hydrogens is 700 g/mol. The van der Waals surface area contributed by atoms with Gasteiger partial charge in [-0.1, -0.05) is 62.4 Å². The number of likely N-dealkylation sites (N-methyl/N-ethyl adjacent to an activating group) is 1. The predicted octanol–water partition coefficient (Wildman–Crippen LogP) is 4.30. The van der Waals surface area contributed by atoms with Crippen LogP contribution in [0, 0.1) is 29.6 Å². The molecule has 1 spiro atoms. The molecule has 1 saturated carbocycles. The SMILES string of the molecule is CO[C@H]1CC2C=C[C@H]3[C@H]4O[C@]2(/C(C)=C/[C@@H](C)[C@@H]([C@@H](C)OC(=O)c2ccc(C[N+]56CC[N+](C)(CC5)CC6)cc2)OC1=O)[C@@H]3[C@H](O)[C@@H](C)[C@H]4OC(=O)C1=CC=CC1. The molecule has 0 radical (unpaired) electrons. The predicted molar refractivity (Wildman–Crippen MR) is 203 cm³/mol. The molecule has 296 valence electrons. The van der Waals surface area contributed by atoms with Gasteiger partial charge in [0.05, 0.1) is 18.7 Å². The topological polar surface area (TPSA) is 118 Å². The van der Waals surface area contributed by atoms with Gasteiger partial charge in [0.25, 0.3) is 0 Å². The highest BCUT2D eigenvalue weighted by atomic mass is 16.6. The van der Waals surface area contributed by atoms with Gasteiger partial charge in [-0.25, -0.2) is 14.4 Å². The summed E-state index contributed by atoms with van der Waals surface area (Å²) in [6.45, 7) is 15.8. The molecule has 1 unspecified atom stereocenters. The Balaban J connectivity index is 1.02. The first-order valence-corrected chi connectivity index (χ1v) is 20.3. The molecule has 9 rings (SSSR count). The molecule has 1 N–H and O–H groups in total. The minimum atomic E-state index is -0.992. The maximum Gasteiger partial charge on any atom is 0.338 e. The standard InChI is InChI=1S/C44H58N2O9/c1-26-23-27(2)44-33(15-16-34-36(44)37(47)28(3)39(40(34)55-44)54-42(49)31-9-7-8-10-31)24-35(51-6)43(50)53-38(26)29(4)52-41(48)32-13-11-30(12-14-32)25-46-20-17-45(5,18-21-46)19-22-46/h7-9,11-16,23,26,28-29,33-40,47H,10,17-22,24-25H2,1-6H3/q+2/b27-23+/t26-,28-,29-,33?,34-,35+,36+,37-,38+,39-,40-,44+,45?,46?/m1/s1. The summed E-state index contributed by atoms with van der Waals surface area (Å²) in [5.74, 6) is -3.08. The summed E-state index contributed by atoms with van der Waals surface area (Å²) < 4.78 is 33.5. The molecule has 11 heteroatoms. The van der Waals surface area contributed by atoms with Crippen molar-refractivity contribution >= 4 is 17.9 Å². The normalized spacial score (nSPS) is 43.1. The number of esters is 3. The van der Waals surface area contributed by atoms with Crippen molar-refractivity contribution in [3.05, 3.63) is 83.0 Å². The van der Waals surface area contributed by atoms with Crippen LogP contribution < -0.4 is 0 Å². The number of quaternary nitrogens is 2. The molecule has 3 aliphatic carbocycles. The first-order chi connectivity index (χ1) is 26.3. The van der Waals surface area contributed by atoms with Gasteiger partial charge < -0.3 is 37.8 Å². The van der Waals surface area contributed by atoms with Gasteiger partial charge in [0.1, 0.15) is 75.8 Å². The number of cyclic esters (lactones) is 1. The Morgan fingerprint density at radius 3 is 2.40 bits per heavy atom. The molecule has 4 saturated heterocycles. The lowest BCUT2D eigenvalue weighted by molar-refractivity contribution is -1.08. The van der Waals surface area contributed by atoms with Gasteiger partial charge in [-0.3, -0.25) is 0 Å². The van der Waals surface area contributed by atoms with Crippen molar-refractivity contribution in [1.29, 1.82) is 0 Å². The molecule has 1 aromatic carbocycles.